The van der Waals surface area contributed by atoms with Crippen molar-refractivity contribution in [3.05, 3.63) is 35.0 Å². The summed E-state index contributed by atoms with van der Waals surface area (Å²) in [5.41, 5.74) is 4.11. The Morgan fingerprint density at radius 3 is 2.59 bits per heavy atom. The van der Waals surface area contributed by atoms with E-state index in [1.807, 2.05) is 0 Å². The van der Waals surface area contributed by atoms with E-state index in [0.717, 1.165) is 0 Å². The standard InChI is InChI=1S/C10H6ClF3N2O/c11-6-3-1-2-5(4-6)7-8(10(12,13)14)16-17-9(7)15/h1-4H,15H2. The van der Waals surface area contributed by atoms with E-state index in [4.69, 9.17) is 17.3 Å². The number of anilines is 1. The van der Waals surface area contributed by atoms with Crippen LogP contribution < -0.4 is 5.73 Å². The Morgan fingerprint density at radius 2 is 2.00 bits per heavy atom. The van der Waals surface area contributed by atoms with Crippen molar-refractivity contribution in [2.75, 3.05) is 5.73 Å². The first-order chi connectivity index (χ1) is 7.89. The van der Waals surface area contributed by atoms with E-state index in [2.05, 4.69) is 9.68 Å². The molecule has 0 radical (unpaired) electrons. The molecular weight excluding hydrogens is 257 g/mol. The van der Waals surface area contributed by atoms with E-state index < -0.39 is 11.9 Å². The number of hydrogen-bond acceptors (Lipinski definition) is 3. The largest absolute Gasteiger partial charge is 0.437 e. The number of nitrogens with two attached hydrogens (primary N) is 1. The van der Waals surface area contributed by atoms with Crippen LogP contribution in [0, 0.1) is 0 Å². The summed E-state index contributed by atoms with van der Waals surface area (Å²) in [7, 11) is 0. The molecule has 2 rings (SSSR count). The lowest BCUT2D eigenvalue weighted by atomic mass is 10.1. The second-order valence-corrected chi connectivity index (χ2v) is 3.71. The Labute approximate surface area is 99.0 Å². The molecule has 17 heavy (non-hydrogen) atoms. The number of aromatic nitrogens is 1. The quantitative estimate of drug-likeness (QED) is 0.854. The summed E-state index contributed by atoms with van der Waals surface area (Å²) < 4.78 is 42.3. The molecule has 2 N–H and O–H groups in total. The van der Waals surface area contributed by atoms with Gasteiger partial charge in [-0.1, -0.05) is 28.9 Å². The van der Waals surface area contributed by atoms with Crippen LogP contribution in [0.1, 0.15) is 5.69 Å². The lowest BCUT2D eigenvalue weighted by molar-refractivity contribution is -0.142. The summed E-state index contributed by atoms with van der Waals surface area (Å²) in [6.07, 6.45) is -4.63. The van der Waals surface area contributed by atoms with Crippen LogP contribution in [-0.4, -0.2) is 5.16 Å². The first-order valence-corrected chi connectivity index (χ1v) is 4.85. The highest BCUT2D eigenvalue weighted by Gasteiger charge is 2.39. The number of benzene rings is 1. The zero-order chi connectivity index (χ0) is 12.6. The summed E-state index contributed by atoms with van der Waals surface area (Å²) in [5, 5.41) is 3.23. The normalized spacial score (nSPS) is 11.8. The Bertz CT molecular complexity index is 551. The Hall–Kier alpha value is -1.69. The van der Waals surface area contributed by atoms with Gasteiger partial charge in [-0.3, -0.25) is 0 Å². The van der Waals surface area contributed by atoms with Gasteiger partial charge in [0.05, 0.1) is 5.56 Å². The van der Waals surface area contributed by atoms with Crippen molar-refractivity contribution in [2.45, 2.75) is 6.18 Å². The van der Waals surface area contributed by atoms with Gasteiger partial charge in [0, 0.05) is 5.02 Å². The van der Waals surface area contributed by atoms with Crippen LogP contribution in [0.4, 0.5) is 19.1 Å². The van der Waals surface area contributed by atoms with Gasteiger partial charge < -0.3 is 10.3 Å². The SMILES string of the molecule is Nc1onc(C(F)(F)F)c1-c1cccc(Cl)c1. The molecule has 0 aliphatic carbocycles. The maximum absolute atomic E-state index is 12.6. The fourth-order valence-electron chi connectivity index (χ4n) is 1.42. The molecule has 7 heteroatoms. The predicted molar refractivity (Wildman–Crippen MR) is 56.4 cm³/mol. The second kappa shape index (κ2) is 3.96. The summed E-state index contributed by atoms with van der Waals surface area (Å²) in [5.74, 6) is -0.389. The van der Waals surface area contributed by atoms with Gasteiger partial charge in [0.2, 0.25) is 5.88 Å². The third-order valence-corrected chi connectivity index (χ3v) is 2.34. The summed E-state index contributed by atoms with van der Waals surface area (Å²) in [6, 6.07) is 5.87. The lowest BCUT2D eigenvalue weighted by Gasteiger charge is -2.05. The summed E-state index contributed by atoms with van der Waals surface area (Å²) >= 11 is 5.71. The third kappa shape index (κ3) is 2.21. The number of hydrogen-bond donors (Lipinski definition) is 1. The number of rotatable bonds is 1. The average molecular weight is 263 g/mol. The lowest BCUT2D eigenvalue weighted by Crippen LogP contribution is -2.07. The van der Waals surface area contributed by atoms with Crippen molar-refractivity contribution in [1.29, 1.82) is 0 Å². The predicted octanol–water partition coefficient (Wildman–Crippen LogP) is 3.60. The van der Waals surface area contributed by atoms with Crippen LogP contribution in [-0.2, 0) is 6.18 Å². The van der Waals surface area contributed by atoms with Crippen LogP contribution in [0.2, 0.25) is 5.02 Å². The molecule has 1 heterocycles. The number of nitrogen functional groups attached to an aromatic ring is 1. The van der Waals surface area contributed by atoms with Crippen molar-refractivity contribution in [3.63, 3.8) is 0 Å². The van der Waals surface area contributed by atoms with Gasteiger partial charge in [-0.2, -0.15) is 13.2 Å². The fourth-order valence-corrected chi connectivity index (χ4v) is 1.61. The Morgan fingerprint density at radius 1 is 1.29 bits per heavy atom. The zero-order valence-electron chi connectivity index (χ0n) is 8.25. The van der Waals surface area contributed by atoms with Gasteiger partial charge >= 0.3 is 6.18 Å². The van der Waals surface area contributed by atoms with E-state index >= 15 is 0 Å². The molecule has 0 fully saturated rings. The zero-order valence-corrected chi connectivity index (χ0v) is 9.01. The fraction of sp³-hybridized carbons (Fsp3) is 0.100. The molecule has 0 spiro atoms. The van der Waals surface area contributed by atoms with E-state index in [0.29, 0.717) is 5.02 Å². The van der Waals surface area contributed by atoms with Crippen molar-refractivity contribution >= 4 is 17.5 Å². The molecule has 2 aromatic rings. The van der Waals surface area contributed by atoms with E-state index in [1.165, 1.54) is 18.2 Å². The second-order valence-electron chi connectivity index (χ2n) is 3.28. The van der Waals surface area contributed by atoms with Gasteiger partial charge in [-0.05, 0) is 17.7 Å². The van der Waals surface area contributed by atoms with Gasteiger partial charge in [0.1, 0.15) is 0 Å². The number of halogens is 4. The maximum atomic E-state index is 12.6. The highest BCUT2D eigenvalue weighted by molar-refractivity contribution is 6.30. The first kappa shape index (κ1) is 11.8. The van der Waals surface area contributed by atoms with Crippen molar-refractivity contribution < 1.29 is 17.7 Å². The van der Waals surface area contributed by atoms with Crippen LogP contribution in [0.15, 0.2) is 28.8 Å². The smallest absolute Gasteiger partial charge is 0.367 e. The molecule has 0 unspecified atom stereocenters. The number of alkyl halides is 3. The molecule has 0 aliphatic rings. The van der Waals surface area contributed by atoms with E-state index in [-0.39, 0.29) is 17.0 Å². The van der Waals surface area contributed by atoms with Gasteiger partial charge in [-0.25, -0.2) is 0 Å². The maximum Gasteiger partial charge on any atom is 0.437 e. The third-order valence-electron chi connectivity index (χ3n) is 2.10. The molecule has 0 saturated heterocycles. The highest BCUT2D eigenvalue weighted by atomic mass is 35.5. The average Bonchev–Trinajstić information content (AvgIpc) is 2.59. The van der Waals surface area contributed by atoms with Gasteiger partial charge in [0.15, 0.2) is 5.69 Å². The van der Waals surface area contributed by atoms with Crippen LogP contribution in [0.3, 0.4) is 0 Å². The van der Waals surface area contributed by atoms with Crippen LogP contribution in [0.25, 0.3) is 11.1 Å². The molecule has 3 nitrogen and oxygen atoms in total. The molecule has 1 aromatic heterocycles. The molecule has 0 saturated carbocycles. The van der Waals surface area contributed by atoms with E-state index in [1.54, 1.807) is 6.07 Å². The van der Waals surface area contributed by atoms with Gasteiger partial charge in [0.25, 0.3) is 0 Å². The monoisotopic (exact) mass is 262 g/mol. The minimum atomic E-state index is -4.63. The molecule has 0 atom stereocenters. The minimum Gasteiger partial charge on any atom is -0.367 e. The van der Waals surface area contributed by atoms with Crippen molar-refractivity contribution in [1.82, 2.24) is 5.16 Å². The van der Waals surface area contributed by atoms with Crippen LogP contribution in [0.5, 0.6) is 0 Å². The van der Waals surface area contributed by atoms with Crippen LogP contribution >= 0.6 is 11.6 Å². The highest BCUT2D eigenvalue weighted by Crippen LogP contribution is 2.40. The number of nitrogens with zero attached hydrogens (tertiary/aromatic N) is 1. The van der Waals surface area contributed by atoms with Crippen molar-refractivity contribution in [2.24, 2.45) is 0 Å². The Balaban J connectivity index is 2.63. The molecule has 1 aromatic carbocycles. The molecular formula is C10H6ClF3N2O. The summed E-state index contributed by atoms with van der Waals surface area (Å²) in [6.45, 7) is 0. The molecule has 0 bridgehead atoms. The summed E-state index contributed by atoms with van der Waals surface area (Å²) in [4.78, 5) is 0. The molecule has 90 valence electrons. The van der Waals surface area contributed by atoms with Crippen molar-refractivity contribution in [3.8, 4) is 11.1 Å². The molecule has 0 amide bonds. The van der Waals surface area contributed by atoms with E-state index in [9.17, 15) is 13.2 Å². The van der Waals surface area contributed by atoms with Gasteiger partial charge in [-0.15, -0.1) is 0 Å². The topological polar surface area (TPSA) is 52.0 Å². The Kier molecular flexibility index (Phi) is 2.74. The first-order valence-electron chi connectivity index (χ1n) is 4.48. The minimum absolute atomic E-state index is 0.212. The molecule has 0 aliphatic heterocycles.